The summed E-state index contributed by atoms with van der Waals surface area (Å²) in [5, 5.41) is 13.8. The van der Waals surface area contributed by atoms with Gasteiger partial charge < -0.3 is 14.8 Å². The van der Waals surface area contributed by atoms with E-state index in [4.69, 9.17) is 21.1 Å². The van der Waals surface area contributed by atoms with E-state index in [1.54, 1.807) is 6.92 Å². The third-order valence-electron chi connectivity index (χ3n) is 3.14. The van der Waals surface area contributed by atoms with Crippen LogP contribution in [-0.2, 0) is 9.53 Å². The van der Waals surface area contributed by atoms with Crippen molar-refractivity contribution in [2.45, 2.75) is 6.92 Å². The molecule has 1 amide bonds. The number of carbonyl (C=O) groups excluding carboxylic acids is 2. The summed E-state index contributed by atoms with van der Waals surface area (Å²) in [5.74, 6) is -0.752. The van der Waals surface area contributed by atoms with Crippen molar-refractivity contribution in [2.24, 2.45) is 0 Å². The average molecular weight is 379 g/mol. The van der Waals surface area contributed by atoms with E-state index >= 15 is 0 Å². The van der Waals surface area contributed by atoms with Gasteiger partial charge in [0.25, 0.3) is 5.91 Å². The standard InChI is InChI=1S/C17H15ClN2O6/c1-2-19-16(21)10-25-17(22)11-3-6-13(7-4-11)26-15-8-5-12(18)9-14(15)20(23)24/h3-9H,2,10H2,1H3,(H,19,21). The SMILES string of the molecule is CCNC(=O)COC(=O)c1ccc(Oc2ccc(Cl)cc2[N+](=O)[O-])cc1. The molecule has 2 rings (SSSR count). The van der Waals surface area contributed by atoms with E-state index in [0.717, 1.165) is 0 Å². The Morgan fingerprint density at radius 2 is 1.88 bits per heavy atom. The predicted molar refractivity (Wildman–Crippen MR) is 93.6 cm³/mol. The van der Waals surface area contributed by atoms with Gasteiger partial charge in [-0.1, -0.05) is 11.6 Å². The average Bonchev–Trinajstić information content (AvgIpc) is 2.62. The second-order valence-corrected chi connectivity index (χ2v) is 5.46. The van der Waals surface area contributed by atoms with Gasteiger partial charge in [0.1, 0.15) is 5.75 Å². The number of likely N-dealkylation sites (N-methyl/N-ethyl adjacent to an activating group) is 1. The number of amides is 1. The zero-order valence-electron chi connectivity index (χ0n) is 13.7. The Hall–Kier alpha value is -3.13. The van der Waals surface area contributed by atoms with Gasteiger partial charge in [0.05, 0.1) is 10.5 Å². The summed E-state index contributed by atoms with van der Waals surface area (Å²) in [6.45, 7) is 1.82. The molecule has 0 bridgehead atoms. The zero-order chi connectivity index (χ0) is 19.1. The monoisotopic (exact) mass is 378 g/mol. The fourth-order valence-corrected chi connectivity index (χ4v) is 2.13. The van der Waals surface area contributed by atoms with E-state index in [9.17, 15) is 19.7 Å². The first kappa shape index (κ1) is 19.2. The van der Waals surface area contributed by atoms with Gasteiger partial charge in [-0.3, -0.25) is 14.9 Å². The van der Waals surface area contributed by atoms with Gasteiger partial charge in [-0.15, -0.1) is 0 Å². The Bertz CT molecular complexity index is 823. The molecule has 1 N–H and O–H groups in total. The van der Waals surface area contributed by atoms with Crippen LogP contribution in [0.1, 0.15) is 17.3 Å². The van der Waals surface area contributed by atoms with Crippen LogP contribution in [0.25, 0.3) is 0 Å². The third kappa shape index (κ3) is 5.18. The van der Waals surface area contributed by atoms with Crippen molar-refractivity contribution < 1.29 is 24.0 Å². The molecule has 2 aromatic rings. The molecule has 9 heteroatoms. The maximum Gasteiger partial charge on any atom is 0.338 e. The van der Waals surface area contributed by atoms with Crippen LogP contribution in [0.5, 0.6) is 11.5 Å². The largest absolute Gasteiger partial charge is 0.452 e. The first-order chi connectivity index (χ1) is 12.4. The molecular weight excluding hydrogens is 364 g/mol. The predicted octanol–water partition coefficient (Wildman–Crippen LogP) is 3.33. The molecule has 8 nitrogen and oxygen atoms in total. The van der Waals surface area contributed by atoms with Gasteiger partial charge in [0.2, 0.25) is 5.75 Å². The maximum atomic E-state index is 11.9. The molecular formula is C17H15ClN2O6. The normalized spacial score (nSPS) is 10.1. The first-order valence-corrected chi connectivity index (χ1v) is 7.94. The molecule has 0 aliphatic rings. The maximum absolute atomic E-state index is 11.9. The lowest BCUT2D eigenvalue weighted by Gasteiger charge is -2.08. The number of benzene rings is 2. The van der Waals surface area contributed by atoms with Crippen LogP contribution in [0, 0.1) is 10.1 Å². The number of nitro groups is 1. The van der Waals surface area contributed by atoms with E-state index in [1.807, 2.05) is 0 Å². The molecule has 0 atom stereocenters. The summed E-state index contributed by atoms with van der Waals surface area (Å²) in [6.07, 6.45) is 0. The van der Waals surface area contributed by atoms with Gasteiger partial charge in [-0.25, -0.2) is 4.79 Å². The van der Waals surface area contributed by atoms with E-state index < -0.39 is 16.8 Å². The minimum Gasteiger partial charge on any atom is -0.452 e. The molecule has 0 aliphatic heterocycles. The van der Waals surface area contributed by atoms with E-state index in [0.29, 0.717) is 6.54 Å². The first-order valence-electron chi connectivity index (χ1n) is 7.56. The highest BCUT2D eigenvalue weighted by molar-refractivity contribution is 6.30. The number of hydrogen-bond acceptors (Lipinski definition) is 6. The van der Waals surface area contributed by atoms with Crippen molar-refractivity contribution in [3.8, 4) is 11.5 Å². The Kier molecular flexibility index (Phi) is 6.51. The van der Waals surface area contributed by atoms with E-state index in [2.05, 4.69) is 5.32 Å². The van der Waals surface area contributed by atoms with Crippen molar-refractivity contribution >= 4 is 29.2 Å². The van der Waals surface area contributed by atoms with Crippen LogP contribution in [0.3, 0.4) is 0 Å². The van der Waals surface area contributed by atoms with E-state index in [1.165, 1.54) is 42.5 Å². The number of nitro benzene ring substituents is 1. The highest BCUT2D eigenvalue weighted by Crippen LogP contribution is 2.33. The van der Waals surface area contributed by atoms with Crippen molar-refractivity contribution in [3.05, 3.63) is 63.2 Å². The van der Waals surface area contributed by atoms with Crippen LogP contribution in [0.2, 0.25) is 5.02 Å². The Morgan fingerprint density at radius 3 is 2.50 bits per heavy atom. The quantitative estimate of drug-likeness (QED) is 0.449. The molecule has 0 fully saturated rings. The van der Waals surface area contributed by atoms with Crippen LogP contribution in [0.4, 0.5) is 5.69 Å². The highest BCUT2D eigenvalue weighted by atomic mass is 35.5. The van der Waals surface area contributed by atoms with Gasteiger partial charge in [0, 0.05) is 17.6 Å². The summed E-state index contributed by atoms with van der Waals surface area (Å²) in [7, 11) is 0. The van der Waals surface area contributed by atoms with Crippen molar-refractivity contribution in [2.75, 3.05) is 13.2 Å². The Balaban J connectivity index is 2.05. The summed E-state index contributed by atoms with van der Waals surface area (Å²) in [5.41, 5.74) is -0.0600. The summed E-state index contributed by atoms with van der Waals surface area (Å²) in [4.78, 5) is 33.6. The fourth-order valence-electron chi connectivity index (χ4n) is 1.97. The lowest BCUT2D eigenvalue weighted by atomic mass is 10.2. The molecule has 136 valence electrons. The van der Waals surface area contributed by atoms with Crippen LogP contribution >= 0.6 is 11.6 Å². The third-order valence-corrected chi connectivity index (χ3v) is 3.38. The topological polar surface area (TPSA) is 108 Å². The zero-order valence-corrected chi connectivity index (χ0v) is 14.5. The molecule has 2 aromatic carbocycles. The minimum absolute atomic E-state index is 0.0194. The number of ether oxygens (including phenoxy) is 2. The number of rotatable bonds is 7. The van der Waals surface area contributed by atoms with Gasteiger partial charge in [-0.05, 0) is 43.3 Å². The fraction of sp³-hybridized carbons (Fsp3) is 0.176. The molecule has 0 unspecified atom stereocenters. The van der Waals surface area contributed by atoms with Gasteiger partial charge in [0.15, 0.2) is 6.61 Å². The number of nitrogens with zero attached hydrogens (tertiary/aromatic N) is 1. The van der Waals surface area contributed by atoms with Gasteiger partial charge in [-0.2, -0.15) is 0 Å². The molecule has 0 saturated carbocycles. The molecule has 26 heavy (non-hydrogen) atoms. The number of halogens is 1. The molecule has 0 radical (unpaired) electrons. The van der Waals surface area contributed by atoms with Crippen LogP contribution in [-0.4, -0.2) is 30.0 Å². The van der Waals surface area contributed by atoms with E-state index in [-0.39, 0.29) is 34.4 Å². The van der Waals surface area contributed by atoms with Crippen molar-refractivity contribution in [1.29, 1.82) is 0 Å². The number of carbonyl (C=O) groups is 2. The second kappa shape index (κ2) is 8.82. The molecule has 0 aliphatic carbocycles. The molecule has 0 aromatic heterocycles. The molecule has 0 saturated heterocycles. The number of esters is 1. The summed E-state index contributed by atoms with van der Waals surface area (Å²) < 4.78 is 10.3. The highest BCUT2D eigenvalue weighted by Gasteiger charge is 2.17. The lowest BCUT2D eigenvalue weighted by Crippen LogP contribution is -2.28. The smallest absolute Gasteiger partial charge is 0.338 e. The Labute approximate surface area is 153 Å². The number of nitrogens with one attached hydrogen (secondary N) is 1. The Morgan fingerprint density at radius 1 is 1.19 bits per heavy atom. The summed E-state index contributed by atoms with van der Waals surface area (Å²) >= 11 is 5.75. The van der Waals surface area contributed by atoms with Gasteiger partial charge >= 0.3 is 11.7 Å². The van der Waals surface area contributed by atoms with Crippen LogP contribution < -0.4 is 10.1 Å². The lowest BCUT2D eigenvalue weighted by molar-refractivity contribution is -0.385. The summed E-state index contributed by atoms with van der Waals surface area (Å²) in [6, 6.07) is 9.81. The molecule has 0 spiro atoms. The second-order valence-electron chi connectivity index (χ2n) is 5.03. The van der Waals surface area contributed by atoms with Crippen LogP contribution in [0.15, 0.2) is 42.5 Å². The number of hydrogen-bond donors (Lipinski definition) is 1. The molecule has 0 heterocycles. The van der Waals surface area contributed by atoms with Crippen molar-refractivity contribution in [3.63, 3.8) is 0 Å². The van der Waals surface area contributed by atoms with Crippen molar-refractivity contribution in [1.82, 2.24) is 5.32 Å². The minimum atomic E-state index is -0.666.